The molecule has 14 heteroatoms. The molecular formula is C67H123NO13. The Morgan fingerprint density at radius 2 is 0.827 bits per heavy atom. The van der Waals surface area contributed by atoms with Crippen LogP contribution < -0.4 is 5.32 Å². The van der Waals surface area contributed by atoms with Gasteiger partial charge in [0.25, 0.3) is 0 Å². The highest BCUT2D eigenvalue weighted by Crippen LogP contribution is 2.30. The lowest BCUT2D eigenvalue weighted by molar-refractivity contribution is -0.359. The number of allylic oxidation sites excluding steroid dienone is 7. The van der Waals surface area contributed by atoms with E-state index in [1.165, 1.54) is 205 Å². The van der Waals surface area contributed by atoms with E-state index in [0.717, 1.165) is 38.5 Å². The molecule has 9 N–H and O–H groups in total. The highest BCUT2D eigenvalue weighted by molar-refractivity contribution is 5.76. The average molecular weight is 1150 g/mol. The lowest BCUT2D eigenvalue weighted by Crippen LogP contribution is -2.65. The van der Waals surface area contributed by atoms with E-state index >= 15 is 0 Å². The van der Waals surface area contributed by atoms with Crippen molar-refractivity contribution in [2.45, 2.75) is 351 Å². The van der Waals surface area contributed by atoms with Gasteiger partial charge in [0.15, 0.2) is 12.6 Å². The highest BCUT2D eigenvalue weighted by Gasteiger charge is 2.51. The maximum Gasteiger partial charge on any atom is 0.220 e. The number of amides is 1. The predicted octanol–water partition coefficient (Wildman–Crippen LogP) is 12.7. The number of aliphatic hydroxyl groups excluding tert-OH is 8. The number of rotatable bonds is 54. The number of unbranched alkanes of at least 4 members (excludes halogenated alkanes) is 35. The summed E-state index contributed by atoms with van der Waals surface area (Å²) in [5.74, 6) is -0.246. The van der Waals surface area contributed by atoms with E-state index in [9.17, 15) is 45.6 Å². The fraction of sp³-hybridized carbons (Fsp3) is 0.866. The quantitative estimate of drug-likeness (QED) is 0.0204. The summed E-state index contributed by atoms with van der Waals surface area (Å²) in [6.07, 6.45) is 50.2. The lowest BCUT2D eigenvalue weighted by Gasteiger charge is -2.46. The first-order valence-electron chi connectivity index (χ1n) is 33.4. The molecule has 0 aliphatic carbocycles. The Kier molecular flexibility index (Phi) is 48.5. The second-order valence-electron chi connectivity index (χ2n) is 23.6. The van der Waals surface area contributed by atoms with Gasteiger partial charge in [-0.15, -0.1) is 0 Å². The zero-order valence-electron chi connectivity index (χ0n) is 51.3. The summed E-state index contributed by atoms with van der Waals surface area (Å²) in [7, 11) is 0. The molecule has 12 unspecified atom stereocenters. The van der Waals surface area contributed by atoms with Gasteiger partial charge in [0, 0.05) is 6.42 Å². The van der Waals surface area contributed by atoms with E-state index in [1.54, 1.807) is 6.08 Å². The fourth-order valence-corrected chi connectivity index (χ4v) is 10.9. The molecule has 0 saturated carbocycles. The molecule has 0 aromatic rings. The molecule has 14 nitrogen and oxygen atoms in total. The van der Waals surface area contributed by atoms with Crippen molar-refractivity contribution in [3.05, 3.63) is 48.6 Å². The fourth-order valence-electron chi connectivity index (χ4n) is 10.9. The van der Waals surface area contributed by atoms with Gasteiger partial charge in [-0.25, -0.2) is 0 Å². The molecule has 0 aromatic carbocycles. The molecule has 81 heavy (non-hydrogen) atoms. The third kappa shape index (κ3) is 37.2. The van der Waals surface area contributed by atoms with Crippen molar-refractivity contribution >= 4 is 5.91 Å². The van der Waals surface area contributed by atoms with Gasteiger partial charge in [-0.3, -0.25) is 4.79 Å². The molecule has 2 aliphatic rings. The Hall–Kier alpha value is -2.05. The van der Waals surface area contributed by atoms with Crippen LogP contribution in [0, 0.1) is 0 Å². The van der Waals surface area contributed by atoms with Crippen LogP contribution in [0.3, 0.4) is 0 Å². The van der Waals surface area contributed by atoms with Crippen molar-refractivity contribution in [2.75, 3.05) is 19.8 Å². The van der Waals surface area contributed by atoms with Crippen LogP contribution in [-0.2, 0) is 23.7 Å². The number of ether oxygens (including phenoxy) is 4. The summed E-state index contributed by atoms with van der Waals surface area (Å²) in [4.78, 5) is 13.3. The minimum Gasteiger partial charge on any atom is -0.394 e. The number of carbonyl (C=O) groups excluding carboxylic acids is 1. The van der Waals surface area contributed by atoms with E-state index in [4.69, 9.17) is 18.9 Å². The first kappa shape index (κ1) is 75.0. The van der Waals surface area contributed by atoms with E-state index in [1.807, 2.05) is 6.08 Å². The first-order valence-corrected chi connectivity index (χ1v) is 33.4. The monoisotopic (exact) mass is 1150 g/mol. The van der Waals surface area contributed by atoms with Crippen molar-refractivity contribution in [1.82, 2.24) is 5.32 Å². The largest absolute Gasteiger partial charge is 0.394 e. The van der Waals surface area contributed by atoms with Crippen molar-refractivity contribution in [3.8, 4) is 0 Å². The second kappa shape index (κ2) is 52.3. The molecular weight excluding hydrogens is 1030 g/mol. The minimum atomic E-state index is -1.79. The topological polar surface area (TPSA) is 228 Å². The number of carbonyl (C=O) groups is 1. The zero-order chi connectivity index (χ0) is 58.8. The summed E-state index contributed by atoms with van der Waals surface area (Å²) in [5, 5.41) is 87.2. The Morgan fingerprint density at radius 1 is 0.444 bits per heavy atom. The van der Waals surface area contributed by atoms with Crippen molar-refractivity contribution in [2.24, 2.45) is 0 Å². The molecule has 0 radical (unpaired) electrons. The normalized spacial score (nSPS) is 24.4. The van der Waals surface area contributed by atoms with Gasteiger partial charge in [-0.05, 0) is 64.2 Å². The molecule has 474 valence electrons. The second-order valence-corrected chi connectivity index (χ2v) is 23.6. The molecule has 2 fully saturated rings. The molecule has 0 bridgehead atoms. The Morgan fingerprint density at radius 3 is 1.28 bits per heavy atom. The Labute approximate surface area is 493 Å². The maximum atomic E-state index is 13.3. The van der Waals surface area contributed by atoms with E-state index in [0.29, 0.717) is 12.8 Å². The Balaban J connectivity index is 1.69. The molecule has 2 aliphatic heterocycles. The molecule has 0 spiro atoms. The zero-order valence-corrected chi connectivity index (χ0v) is 51.3. The molecule has 12 atom stereocenters. The minimum absolute atomic E-state index is 0.246. The highest BCUT2D eigenvalue weighted by atomic mass is 16.7. The smallest absolute Gasteiger partial charge is 0.220 e. The summed E-state index contributed by atoms with van der Waals surface area (Å²) in [6, 6.07) is -0.932. The summed E-state index contributed by atoms with van der Waals surface area (Å²) in [6.45, 7) is 2.80. The maximum absolute atomic E-state index is 13.3. The number of hydrogen-bond donors (Lipinski definition) is 9. The van der Waals surface area contributed by atoms with Gasteiger partial charge in [0.2, 0.25) is 5.91 Å². The molecule has 2 rings (SSSR count). The predicted molar refractivity (Wildman–Crippen MR) is 327 cm³/mol. The van der Waals surface area contributed by atoms with Crippen molar-refractivity contribution in [1.29, 1.82) is 0 Å². The van der Waals surface area contributed by atoms with E-state index < -0.39 is 86.8 Å². The van der Waals surface area contributed by atoms with Crippen LogP contribution in [0.1, 0.15) is 277 Å². The van der Waals surface area contributed by atoms with Crippen LogP contribution in [0.15, 0.2) is 48.6 Å². The average Bonchev–Trinajstić information content (AvgIpc) is 3.47. The lowest BCUT2D eigenvalue weighted by atomic mass is 9.97. The van der Waals surface area contributed by atoms with E-state index in [2.05, 4.69) is 55.6 Å². The van der Waals surface area contributed by atoms with Crippen LogP contribution in [0.2, 0.25) is 0 Å². The number of nitrogens with one attached hydrogen (secondary N) is 1. The van der Waals surface area contributed by atoms with Crippen molar-refractivity contribution < 1.29 is 64.6 Å². The molecule has 0 aromatic heterocycles. The van der Waals surface area contributed by atoms with Crippen molar-refractivity contribution in [3.63, 3.8) is 0 Å². The van der Waals surface area contributed by atoms with Crippen LogP contribution >= 0.6 is 0 Å². The van der Waals surface area contributed by atoms with Crippen LogP contribution in [0.5, 0.6) is 0 Å². The standard InChI is InChI=1S/C67H123NO13/c1-3-5-7-9-11-13-15-17-19-21-23-24-25-26-27-28-29-30-31-32-33-35-37-39-41-43-45-47-49-51-59(72)68-55(56(71)50-48-46-44-42-40-38-36-34-22-20-18-16-14-12-10-8-6-4-2)54-78-66-64(77)62(75)65(58(53-70)80-66)81-67-63(76)61(74)60(73)57(52-69)79-67/h15,17,21,23,40,42,48,50,55-58,60-67,69-71,73-77H,3-14,16,18-20,22,24-39,41,43-47,49,51-54H2,1-2H3,(H,68,72)/b17-15-,23-21-,42-40+,50-48+. The first-order chi connectivity index (χ1) is 39.6. The Bertz CT molecular complexity index is 1540. The van der Waals surface area contributed by atoms with Crippen LogP contribution in [-0.4, -0.2) is 140 Å². The molecule has 1 amide bonds. The van der Waals surface area contributed by atoms with Crippen LogP contribution in [0.4, 0.5) is 0 Å². The van der Waals surface area contributed by atoms with Crippen LogP contribution in [0.25, 0.3) is 0 Å². The van der Waals surface area contributed by atoms with Gasteiger partial charge in [-0.2, -0.15) is 0 Å². The summed E-state index contributed by atoms with van der Waals surface area (Å²) < 4.78 is 22.8. The van der Waals surface area contributed by atoms with Gasteiger partial charge < -0.3 is 65.1 Å². The molecule has 2 heterocycles. The van der Waals surface area contributed by atoms with Gasteiger partial charge in [0.05, 0.1) is 32.0 Å². The molecule has 2 saturated heterocycles. The summed E-state index contributed by atoms with van der Waals surface area (Å²) >= 11 is 0. The van der Waals surface area contributed by atoms with Gasteiger partial charge >= 0.3 is 0 Å². The van der Waals surface area contributed by atoms with Gasteiger partial charge in [0.1, 0.15) is 48.8 Å². The number of aliphatic hydroxyl groups is 8. The third-order valence-corrected chi connectivity index (χ3v) is 16.2. The van der Waals surface area contributed by atoms with Gasteiger partial charge in [-0.1, -0.05) is 255 Å². The summed E-state index contributed by atoms with van der Waals surface area (Å²) in [5.41, 5.74) is 0. The third-order valence-electron chi connectivity index (χ3n) is 16.2. The van der Waals surface area contributed by atoms with E-state index in [-0.39, 0.29) is 18.9 Å². The SMILES string of the molecule is CCCCCCC/C=C\C/C=C\CCCCCCCCCCCCCCCCCCCC(=O)NC(COC1OC(CO)C(OC2OC(CO)C(O)C(O)C2O)C(O)C1O)C(O)/C=C/CC/C=C/CCCCCCCCCCCCCC. The number of hydrogen-bond acceptors (Lipinski definition) is 13.